The minimum Gasteiger partial charge on any atom is -0.469 e. The van der Waals surface area contributed by atoms with Gasteiger partial charge in [-0.1, -0.05) is 0 Å². The molecule has 8 heteroatoms. The molecule has 118 valence electrons. The highest BCUT2D eigenvalue weighted by Crippen LogP contribution is 2.60. The van der Waals surface area contributed by atoms with E-state index in [1.165, 1.54) is 7.11 Å². The monoisotopic (exact) mass is 329 g/mol. The Bertz CT molecular complexity index is 676. The van der Waals surface area contributed by atoms with Gasteiger partial charge in [-0.15, -0.1) is 0 Å². The van der Waals surface area contributed by atoms with E-state index >= 15 is 0 Å². The van der Waals surface area contributed by atoms with Crippen molar-refractivity contribution >= 4 is 23.4 Å². The zero-order valence-electron chi connectivity index (χ0n) is 11.9. The van der Waals surface area contributed by atoms with E-state index in [1.807, 2.05) is 4.90 Å². The third-order valence-electron chi connectivity index (χ3n) is 4.98. The topological polar surface area (TPSA) is 55.3 Å². The van der Waals surface area contributed by atoms with Gasteiger partial charge in [0.05, 0.1) is 13.0 Å². The fourth-order valence-corrected chi connectivity index (χ4v) is 3.84. The lowest BCUT2D eigenvalue weighted by Gasteiger charge is -2.42. The summed E-state index contributed by atoms with van der Waals surface area (Å²) in [6.45, 7) is 1.25. The van der Waals surface area contributed by atoms with E-state index < -0.39 is 5.92 Å². The molecule has 1 saturated carbocycles. The Morgan fingerprint density at radius 2 is 2.14 bits per heavy atom. The lowest BCUT2D eigenvalue weighted by atomic mass is 9.93. The molecule has 2 heterocycles. The summed E-state index contributed by atoms with van der Waals surface area (Å²) >= 11 is 5.81. The van der Waals surface area contributed by atoms with Gasteiger partial charge in [0.25, 0.3) is 5.92 Å². The molecule has 5 nitrogen and oxygen atoms in total. The Morgan fingerprint density at radius 1 is 1.41 bits per heavy atom. The Labute approximate surface area is 130 Å². The third-order valence-corrected chi connectivity index (χ3v) is 5.15. The first-order valence-electron chi connectivity index (χ1n) is 7.14. The maximum Gasteiger partial charge on any atom is 0.309 e. The molecular formula is C14H14ClF2N3O2. The first kappa shape index (κ1) is 14.1. The van der Waals surface area contributed by atoms with Gasteiger partial charge in [-0.25, -0.2) is 9.97 Å². The summed E-state index contributed by atoms with van der Waals surface area (Å²) < 4.78 is 32.4. The lowest BCUT2D eigenvalue weighted by Crippen LogP contribution is -2.51. The average Bonchev–Trinajstić information content (AvgIpc) is 3.11. The zero-order valence-corrected chi connectivity index (χ0v) is 12.7. The summed E-state index contributed by atoms with van der Waals surface area (Å²) in [5.74, 6) is -2.72. The average molecular weight is 330 g/mol. The van der Waals surface area contributed by atoms with E-state index in [4.69, 9.17) is 16.3 Å². The van der Waals surface area contributed by atoms with E-state index in [1.54, 1.807) is 0 Å². The molecule has 0 aromatic carbocycles. The summed E-state index contributed by atoms with van der Waals surface area (Å²) in [6.07, 6.45) is 0.778. The van der Waals surface area contributed by atoms with Crippen molar-refractivity contribution in [3.8, 4) is 0 Å². The second-order valence-corrected chi connectivity index (χ2v) is 6.68. The number of fused-ring (bicyclic) bond motifs is 1. The van der Waals surface area contributed by atoms with Gasteiger partial charge in [0.2, 0.25) is 5.28 Å². The van der Waals surface area contributed by atoms with Crippen molar-refractivity contribution in [1.29, 1.82) is 0 Å². The minimum absolute atomic E-state index is 0.0709. The maximum absolute atomic E-state index is 13.8. The standard InChI is InChI=1S/C14H14ClF2N3O2/c1-22-11(21)8-4-13(8)5-20(6-13)10-7-2-3-14(16,17)9(7)18-12(15)19-10/h8H,2-6H2,1H3. The molecule has 0 bridgehead atoms. The number of alkyl halides is 2. The summed E-state index contributed by atoms with van der Waals surface area (Å²) in [5, 5.41) is -0.156. The van der Waals surface area contributed by atoms with Gasteiger partial charge in [-0.3, -0.25) is 4.79 Å². The van der Waals surface area contributed by atoms with Crippen LogP contribution in [0, 0.1) is 11.3 Å². The number of ether oxygens (including phenoxy) is 1. The van der Waals surface area contributed by atoms with Gasteiger partial charge < -0.3 is 9.64 Å². The van der Waals surface area contributed by atoms with Gasteiger partial charge in [0.1, 0.15) is 11.5 Å². The van der Waals surface area contributed by atoms with Gasteiger partial charge >= 0.3 is 5.97 Å². The van der Waals surface area contributed by atoms with Crippen LogP contribution in [0.2, 0.25) is 5.28 Å². The number of nitrogens with zero attached hydrogens (tertiary/aromatic N) is 3. The number of hydrogen-bond donors (Lipinski definition) is 0. The van der Waals surface area contributed by atoms with Gasteiger partial charge in [-0.05, 0) is 24.4 Å². The number of halogens is 3. The zero-order chi connectivity index (χ0) is 15.7. The first-order chi connectivity index (χ1) is 10.4. The summed E-state index contributed by atoms with van der Waals surface area (Å²) in [7, 11) is 1.38. The van der Waals surface area contributed by atoms with Crippen LogP contribution in [0.4, 0.5) is 14.6 Å². The molecule has 1 saturated heterocycles. The number of esters is 1. The normalized spacial score (nSPS) is 26.5. The quantitative estimate of drug-likeness (QED) is 0.615. The fourth-order valence-electron chi connectivity index (χ4n) is 3.68. The molecule has 1 aromatic heterocycles. The number of methoxy groups -OCH3 is 1. The Balaban J connectivity index is 1.58. The highest BCUT2D eigenvalue weighted by molar-refractivity contribution is 6.28. The van der Waals surface area contributed by atoms with Crippen molar-refractivity contribution < 1.29 is 18.3 Å². The number of carbonyl (C=O) groups is 1. The van der Waals surface area contributed by atoms with E-state index in [0.29, 0.717) is 24.5 Å². The van der Waals surface area contributed by atoms with Crippen LogP contribution in [-0.4, -0.2) is 36.1 Å². The number of rotatable bonds is 2. The molecule has 1 unspecified atom stereocenters. The molecule has 1 atom stereocenters. The van der Waals surface area contributed by atoms with Crippen molar-refractivity contribution in [3.63, 3.8) is 0 Å². The second-order valence-electron chi connectivity index (χ2n) is 6.35. The summed E-state index contributed by atoms with van der Waals surface area (Å²) in [4.78, 5) is 21.3. The maximum atomic E-state index is 13.8. The highest BCUT2D eigenvalue weighted by Gasteiger charge is 2.65. The van der Waals surface area contributed by atoms with E-state index in [2.05, 4.69) is 9.97 Å². The highest BCUT2D eigenvalue weighted by atomic mass is 35.5. The molecule has 4 rings (SSSR count). The van der Waals surface area contributed by atoms with Gasteiger partial charge in [-0.2, -0.15) is 8.78 Å². The predicted octanol–water partition coefficient (Wildman–Crippen LogP) is 2.17. The van der Waals surface area contributed by atoms with Crippen LogP contribution < -0.4 is 4.90 Å². The number of anilines is 1. The fraction of sp³-hybridized carbons (Fsp3) is 0.643. The molecule has 1 spiro atoms. The van der Waals surface area contributed by atoms with Crippen LogP contribution in [0.25, 0.3) is 0 Å². The van der Waals surface area contributed by atoms with Crippen molar-refractivity contribution in [2.45, 2.75) is 25.2 Å². The molecule has 3 aliphatic rings. The van der Waals surface area contributed by atoms with Gasteiger partial charge in [0, 0.05) is 30.5 Å². The molecule has 22 heavy (non-hydrogen) atoms. The molecule has 2 fully saturated rings. The Kier molecular flexibility index (Phi) is 2.74. The van der Waals surface area contributed by atoms with Crippen LogP contribution in [0.15, 0.2) is 0 Å². The van der Waals surface area contributed by atoms with Crippen molar-refractivity contribution in [3.05, 3.63) is 16.5 Å². The third kappa shape index (κ3) is 1.84. The van der Waals surface area contributed by atoms with Crippen LogP contribution in [0.3, 0.4) is 0 Å². The molecular weight excluding hydrogens is 316 g/mol. The van der Waals surface area contributed by atoms with E-state index in [0.717, 1.165) is 6.42 Å². The second kappa shape index (κ2) is 4.28. The van der Waals surface area contributed by atoms with E-state index in [9.17, 15) is 13.6 Å². The molecule has 2 aliphatic carbocycles. The molecule has 0 amide bonds. The van der Waals surface area contributed by atoms with Crippen LogP contribution in [0.1, 0.15) is 24.1 Å². The van der Waals surface area contributed by atoms with Crippen molar-refractivity contribution in [2.75, 3.05) is 25.1 Å². The number of hydrogen-bond acceptors (Lipinski definition) is 5. The summed E-state index contributed by atoms with van der Waals surface area (Å²) in [5.41, 5.74) is 0.168. The largest absolute Gasteiger partial charge is 0.469 e. The van der Waals surface area contributed by atoms with Crippen LogP contribution >= 0.6 is 11.6 Å². The van der Waals surface area contributed by atoms with Crippen molar-refractivity contribution in [1.82, 2.24) is 9.97 Å². The van der Waals surface area contributed by atoms with Gasteiger partial charge in [0.15, 0.2) is 0 Å². The minimum atomic E-state index is -2.94. The van der Waals surface area contributed by atoms with Crippen LogP contribution in [-0.2, 0) is 21.9 Å². The Hall–Kier alpha value is -1.50. The lowest BCUT2D eigenvalue weighted by molar-refractivity contribution is -0.143. The summed E-state index contributed by atoms with van der Waals surface area (Å²) in [6, 6.07) is 0. The molecule has 0 N–H and O–H groups in total. The SMILES string of the molecule is COC(=O)C1CC12CN(c1nc(Cl)nc3c1CCC3(F)F)C2. The molecule has 0 radical (unpaired) electrons. The Morgan fingerprint density at radius 3 is 2.82 bits per heavy atom. The predicted molar refractivity (Wildman–Crippen MR) is 74.0 cm³/mol. The molecule has 1 aliphatic heterocycles. The first-order valence-corrected chi connectivity index (χ1v) is 7.52. The number of carbonyl (C=O) groups excluding carboxylic acids is 1. The smallest absolute Gasteiger partial charge is 0.309 e. The number of aromatic nitrogens is 2. The molecule has 1 aromatic rings. The van der Waals surface area contributed by atoms with Crippen LogP contribution in [0.5, 0.6) is 0 Å². The van der Waals surface area contributed by atoms with Crippen molar-refractivity contribution in [2.24, 2.45) is 11.3 Å². The van der Waals surface area contributed by atoms with E-state index in [-0.39, 0.29) is 41.1 Å².